The zero-order valence-electron chi connectivity index (χ0n) is 13.5. The number of rotatable bonds is 2. The number of hydrogen-bond acceptors (Lipinski definition) is 5. The van der Waals surface area contributed by atoms with Crippen molar-refractivity contribution in [2.24, 2.45) is 5.92 Å². The predicted molar refractivity (Wildman–Crippen MR) is 91.6 cm³/mol. The number of fused-ring (bicyclic) bond motifs is 1. The highest BCUT2D eigenvalue weighted by atomic mass is 32.1. The van der Waals surface area contributed by atoms with Gasteiger partial charge < -0.3 is 10.0 Å². The standard InChI is InChI=1S/C18H21N3O2S/c22-17(15-12-19-24-20-15)21-11-10-18(23,13-6-2-1-3-7-13)14-8-4-5-9-16(14)21/h1-3,6-7,12,14,16,23H,4-5,8-11H2/t14-,16-,18+/m0/s1. The predicted octanol–water partition coefficient (Wildman–Crippen LogP) is 2.83. The molecule has 1 aliphatic heterocycles. The molecular formula is C18H21N3O2S. The molecule has 1 aromatic heterocycles. The lowest BCUT2D eigenvalue weighted by Crippen LogP contribution is -2.59. The van der Waals surface area contributed by atoms with Gasteiger partial charge in [-0.25, -0.2) is 0 Å². The fourth-order valence-corrected chi connectivity index (χ4v) is 4.83. The first-order valence-corrected chi connectivity index (χ1v) is 9.29. The molecule has 3 atom stereocenters. The molecule has 0 bridgehead atoms. The van der Waals surface area contributed by atoms with Crippen LogP contribution >= 0.6 is 11.7 Å². The van der Waals surface area contributed by atoms with Crippen molar-refractivity contribution >= 4 is 17.6 Å². The summed E-state index contributed by atoms with van der Waals surface area (Å²) in [7, 11) is 0. The maximum absolute atomic E-state index is 12.8. The van der Waals surface area contributed by atoms with Gasteiger partial charge in [-0.05, 0) is 24.8 Å². The second-order valence-electron chi connectivity index (χ2n) is 6.79. The lowest BCUT2D eigenvalue weighted by atomic mass is 9.66. The summed E-state index contributed by atoms with van der Waals surface area (Å²) < 4.78 is 8.05. The van der Waals surface area contributed by atoms with Crippen molar-refractivity contribution < 1.29 is 9.90 Å². The molecule has 0 radical (unpaired) electrons. The second-order valence-corrected chi connectivity index (χ2v) is 7.35. The molecule has 1 aromatic carbocycles. The van der Waals surface area contributed by atoms with Gasteiger partial charge in [-0.2, -0.15) is 8.75 Å². The largest absolute Gasteiger partial charge is 0.385 e. The summed E-state index contributed by atoms with van der Waals surface area (Å²) >= 11 is 1.06. The number of piperidine rings is 1. The molecule has 126 valence electrons. The van der Waals surface area contributed by atoms with Gasteiger partial charge in [0.15, 0.2) is 5.69 Å². The van der Waals surface area contributed by atoms with Gasteiger partial charge in [0.1, 0.15) is 0 Å². The summed E-state index contributed by atoms with van der Waals surface area (Å²) in [6, 6.07) is 10.0. The van der Waals surface area contributed by atoms with E-state index in [-0.39, 0.29) is 17.9 Å². The number of nitrogens with zero attached hydrogens (tertiary/aromatic N) is 3. The summed E-state index contributed by atoms with van der Waals surface area (Å²) in [5, 5.41) is 11.5. The molecule has 0 unspecified atom stereocenters. The molecule has 1 saturated carbocycles. The molecule has 2 aromatic rings. The number of aromatic nitrogens is 2. The van der Waals surface area contributed by atoms with Gasteiger partial charge in [0.05, 0.1) is 23.5 Å². The minimum atomic E-state index is -0.844. The number of hydrogen-bond donors (Lipinski definition) is 1. The van der Waals surface area contributed by atoms with E-state index in [1.54, 1.807) is 6.20 Å². The monoisotopic (exact) mass is 343 g/mol. The van der Waals surface area contributed by atoms with E-state index >= 15 is 0 Å². The Morgan fingerprint density at radius 1 is 1.25 bits per heavy atom. The average molecular weight is 343 g/mol. The van der Waals surface area contributed by atoms with Crippen molar-refractivity contribution in [1.29, 1.82) is 0 Å². The van der Waals surface area contributed by atoms with Crippen LogP contribution in [0.15, 0.2) is 36.5 Å². The maximum atomic E-state index is 12.8. The Bertz CT molecular complexity index is 706. The van der Waals surface area contributed by atoms with Crippen LogP contribution in [0, 0.1) is 5.92 Å². The van der Waals surface area contributed by atoms with Crippen LogP contribution in [0.5, 0.6) is 0 Å². The first-order chi connectivity index (χ1) is 11.7. The molecule has 1 N–H and O–H groups in total. The summed E-state index contributed by atoms with van der Waals surface area (Å²) in [4.78, 5) is 14.7. The fraction of sp³-hybridized carbons (Fsp3) is 0.500. The van der Waals surface area contributed by atoms with Gasteiger partial charge in [-0.3, -0.25) is 4.79 Å². The van der Waals surface area contributed by atoms with Crippen LogP contribution < -0.4 is 0 Å². The Morgan fingerprint density at radius 3 is 2.79 bits per heavy atom. The third-order valence-electron chi connectivity index (χ3n) is 5.59. The molecule has 6 heteroatoms. The van der Waals surface area contributed by atoms with E-state index in [1.807, 2.05) is 35.2 Å². The van der Waals surface area contributed by atoms with Gasteiger partial charge in [0.2, 0.25) is 0 Å². The molecule has 24 heavy (non-hydrogen) atoms. The van der Waals surface area contributed by atoms with Crippen LogP contribution in [-0.2, 0) is 5.60 Å². The third kappa shape index (κ3) is 2.54. The minimum absolute atomic E-state index is 0.0456. The molecule has 1 amide bonds. The van der Waals surface area contributed by atoms with E-state index in [0.29, 0.717) is 18.7 Å². The number of amides is 1. The Balaban J connectivity index is 1.66. The number of carbonyl (C=O) groups excluding carboxylic acids is 1. The lowest BCUT2D eigenvalue weighted by molar-refractivity contribution is -0.110. The van der Waals surface area contributed by atoms with Gasteiger partial charge in [0, 0.05) is 18.5 Å². The van der Waals surface area contributed by atoms with E-state index in [1.165, 1.54) is 0 Å². The average Bonchev–Trinajstić information content (AvgIpc) is 3.17. The molecule has 5 nitrogen and oxygen atoms in total. The quantitative estimate of drug-likeness (QED) is 0.910. The highest BCUT2D eigenvalue weighted by Gasteiger charge is 2.50. The second kappa shape index (κ2) is 6.26. The van der Waals surface area contributed by atoms with Crippen LogP contribution in [0.4, 0.5) is 0 Å². The highest BCUT2D eigenvalue weighted by Crippen LogP contribution is 2.47. The first kappa shape index (κ1) is 15.7. The summed E-state index contributed by atoms with van der Waals surface area (Å²) in [6.45, 7) is 0.558. The molecular weight excluding hydrogens is 322 g/mol. The van der Waals surface area contributed by atoms with Gasteiger partial charge in [-0.15, -0.1) is 0 Å². The van der Waals surface area contributed by atoms with Crippen molar-refractivity contribution in [3.63, 3.8) is 0 Å². The Kier molecular flexibility index (Phi) is 4.10. The van der Waals surface area contributed by atoms with Crippen LogP contribution in [0.1, 0.15) is 48.2 Å². The van der Waals surface area contributed by atoms with Crippen LogP contribution in [0.25, 0.3) is 0 Å². The molecule has 2 aliphatic rings. The number of aliphatic hydroxyl groups is 1. The van der Waals surface area contributed by atoms with Gasteiger partial charge in [0.25, 0.3) is 5.91 Å². The SMILES string of the molecule is O=C(c1cnsn1)N1CC[C@@](O)(c2ccccc2)[C@H]2CCCC[C@@H]21. The maximum Gasteiger partial charge on any atom is 0.275 e. The Morgan fingerprint density at radius 2 is 2.04 bits per heavy atom. The van der Waals surface area contributed by atoms with E-state index in [9.17, 15) is 9.90 Å². The van der Waals surface area contributed by atoms with Crippen molar-refractivity contribution in [2.45, 2.75) is 43.7 Å². The first-order valence-electron chi connectivity index (χ1n) is 8.56. The van der Waals surface area contributed by atoms with Crippen molar-refractivity contribution in [2.75, 3.05) is 6.54 Å². The van der Waals surface area contributed by atoms with Crippen molar-refractivity contribution in [3.05, 3.63) is 47.8 Å². The molecule has 2 fully saturated rings. The van der Waals surface area contributed by atoms with E-state index in [2.05, 4.69) is 8.75 Å². The fourth-order valence-electron chi connectivity index (χ4n) is 4.43. The summed E-state index contributed by atoms with van der Waals surface area (Å²) in [5.74, 6) is 0.0358. The van der Waals surface area contributed by atoms with E-state index in [0.717, 1.165) is 43.0 Å². The zero-order chi connectivity index (χ0) is 16.6. The minimum Gasteiger partial charge on any atom is -0.385 e. The number of likely N-dealkylation sites (tertiary alicyclic amines) is 1. The van der Waals surface area contributed by atoms with Crippen LogP contribution in [0.2, 0.25) is 0 Å². The zero-order valence-corrected chi connectivity index (χ0v) is 14.3. The Hall–Kier alpha value is -1.79. The summed E-state index contributed by atoms with van der Waals surface area (Å²) in [6.07, 6.45) is 6.23. The lowest BCUT2D eigenvalue weighted by Gasteiger charge is -2.52. The topological polar surface area (TPSA) is 66.3 Å². The molecule has 1 aliphatic carbocycles. The molecule has 0 spiro atoms. The Labute approximate surface area is 145 Å². The van der Waals surface area contributed by atoms with E-state index in [4.69, 9.17) is 0 Å². The summed E-state index contributed by atoms with van der Waals surface area (Å²) in [5.41, 5.74) is 0.558. The van der Waals surface area contributed by atoms with Crippen molar-refractivity contribution in [1.82, 2.24) is 13.6 Å². The van der Waals surface area contributed by atoms with Crippen LogP contribution in [-0.4, -0.2) is 37.2 Å². The molecule has 2 heterocycles. The third-order valence-corrected chi connectivity index (χ3v) is 6.07. The smallest absolute Gasteiger partial charge is 0.275 e. The van der Waals surface area contributed by atoms with Gasteiger partial charge >= 0.3 is 0 Å². The van der Waals surface area contributed by atoms with Crippen molar-refractivity contribution in [3.8, 4) is 0 Å². The highest BCUT2D eigenvalue weighted by molar-refractivity contribution is 6.99. The molecule has 4 rings (SSSR count). The number of benzene rings is 1. The molecule has 1 saturated heterocycles. The normalized spacial score (nSPS) is 30.0. The van der Waals surface area contributed by atoms with E-state index < -0.39 is 5.60 Å². The van der Waals surface area contributed by atoms with Gasteiger partial charge in [-0.1, -0.05) is 43.2 Å². The van der Waals surface area contributed by atoms with Crippen LogP contribution in [0.3, 0.4) is 0 Å². The number of carbonyl (C=O) groups is 1.